The van der Waals surface area contributed by atoms with E-state index in [4.69, 9.17) is 0 Å². The highest BCUT2D eigenvalue weighted by atomic mass is 32.2. The summed E-state index contributed by atoms with van der Waals surface area (Å²) < 4.78 is 11.9. The summed E-state index contributed by atoms with van der Waals surface area (Å²) in [5.74, 6) is 0. The van der Waals surface area contributed by atoms with E-state index in [1.807, 2.05) is 49.4 Å². The number of unbranched alkanes of at least 4 members (excludes halogenated alkanes) is 2. The second-order valence-electron chi connectivity index (χ2n) is 4.46. The molecule has 2 heteroatoms. The minimum Gasteiger partial charge on any atom is -0.250 e. The van der Waals surface area contributed by atoms with Gasteiger partial charge in [-0.15, -0.1) is 0 Å². The molecule has 0 unspecified atom stereocenters. The van der Waals surface area contributed by atoms with E-state index in [9.17, 15) is 4.21 Å². The van der Waals surface area contributed by atoms with Crippen LogP contribution in [0.25, 0.3) is 0 Å². The predicted octanol–water partition coefficient (Wildman–Crippen LogP) is 5.09. The Kier molecular flexibility index (Phi) is 8.32. The Morgan fingerprint density at radius 3 is 2.35 bits per heavy atom. The van der Waals surface area contributed by atoms with Gasteiger partial charge in [0.25, 0.3) is 0 Å². The highest BCUT2D eigenvalue weighted by Gasteiger charge is 1.97. The molecule has 0 amide bonds. The van der Waals surface area contributed by atoms with Crippen LogP contribution in [-0.4, -0.2) is 4.21 Å². The molecule has 0 aliphatic heterocycles. The van der Waals surface area contributed by atoms with Gasteiger partial charge in [0.1, 0.15) is 0 Å². The molecule has 0 saturated carbocycles. The summed E-state index contributed by atoms with van der Waals surface area (Å²) in [7, 11) is -1.06. The molecule has 20 heavy (non-hydrogen) atoms. The summed E-state index contributed by atoms with van der Waals surface area (Å²) >= 11 is 0. The van der Waals surface area contributed by atoms with Crippen molar-refractivity contribution in [3.63, 3.8) is 0 Å². The molecule has 0 aromatic heterocycles. The fraction of sp³-hybridized carbons (Fsp3) is 0.222. The Labute approximate surface area is 124 Å². The molecular weight excluding hydrogens is 264 g/mol. The molecule has 1 rings (SSSR count). The summed E-state index contributed by atoms with van der Waals surface area (Å²) in [4.78, 5) is 0.842. The van der Waals surface area contributed by atoms with Gasteiger partial charge in [-0.3, -0.25) is 0 Å². The van der Waals surface area contributed by atoms with Crippen LogP contribution in [0.1, 0.15) is 24.8 Å². The van der Waals surface area contributed by atoms with Crippen molar-refractivity contribution in [2.24, 2.45) is 0 Å². The lowest BCUT2D eigenvalue weighted by Gasteiger charge is -1.96. The number of hydrogen-bond acceptors (Lipinski definition) is 1. The first-order valence-corrected chi connectivity index (χ1v) is 8.03. The Hall–Kier alpha value is -1.67. The molecule has 0 fully saturated rings. The normalized spacial score (nSPS) is 13.4. The van der Waals surface area contributed by atoms with Crippen LogP contribution in [0.2, 0.25) is 0 Å². The minimum atomic E-state index is -1.06. The van der Waals surface area contributed by atoms with E-state index >= 15 is 0 Å². The van der Waals surface area contributed by atoms with Crippen molar-refractivity contribution in [2.75, 3.05) is 0 Å². The molecule has 0 saturated heterocycles. The van der Waals surface area contributed by atoms with Crippen LogP contribution in [0, 0.1) is 6.92 Å². The van der Waals surface area contributed by atoms with Gasteiger partial charge in [-0.2, -0.15) is 0 Å². The largest absolute Gasteiger partial charge is 0.250 e. The number of aryl methyl sites for hydroxylation is 1. The summed E-state index contributed by atoms with van der Waals surface area (Å²) in [5, 5.41) is 1.72. The highest BCUT2D eigenvalue weighted by molar-refractivity contribution is 7.88. The minimum absolute atomic E-state index is 0.842. The lowest BCUT2D eigenvalue weighted by Crippen LogP contribution is -1.85. The molecule has 1 atom stereocenters. The van der Waals surface area contributed by atoms with Crippen molar-refractivity contribution in [3.05, 3.63) is 78.3 Å². The quantitative estimate of drug-likeness (QED) is 0.481. The predicted molar refractivity (Wildman–Crippen MR) is 89.1 cm³/mol. The standard InChI is InChI=1S/C18H22OS/c1-3-4-5-6-7-8-9-10-11-16-20(19)18-14-12-17(2)13-15-18/h3-5,9-16H,1,6-8H2,2H3/b5-4-,10-9+,16-11+/t20-/m1/s1. The van der Waals surface area contributed by atoms with E-state index in [1.54, 1.807) is 11.5 Å². The van der Waals surface area contributed by atoms with Crippen molar-refractivity contribution in [2.45, 2.75) is 31.1 Å². The summed E-state index contributed by atoms with van der Waals surface area (Å²) in [5.41, 5.74) is 1.18. The van der Waals surface area contributed by atoms with Gasteiger partial charge in [-0.05, 0) is 38.3 Å². The zero-order chi connectivity index (χ0) is 14.6. The van der Waals surface area contributed by atoms with Crippen molar-refractivity contribution >= 4 is 10.8 Å². The SMILES string of the molecule is C=C/C=C\CCC/C=C/C=C/[S@@](=O)c1ccc(C)cc1. The topological polar surface area (TPSA) is 17.1 Å². The van der Waals surface area contributed by atoms with Gasteiger partial charge < -0.3 is 0 Å². The average molecular weight is 286 g/mol. The number of allylic oxidation sites excluding steroid dienone is 6. The van der Waals surface area contributed by atoms with E-state index in [2.05, 4.69) is 18.7 Å². The molecule has 0 radical (unpaired) electrons. The molecule has 0 heterocycles. The van der Waals surface area contributed by atoms with Crippen molar-refractivity contribution in [3.8, 4) is 0 Å². The number of hydrogen-bond donors (Lipinski definition) is 0. The molecule has 0 N–H and O–H groups in total. The van der Waals surface area contributed by atoms with E-state index in [0.717, 1.165) is 24.2 Å². The van der Waals surface area contributed by atoms with Gasteiger partial charge in [0.2, 0.25) is 0 Å². The Morgan fingerprint density at radius 1 is 1.05 bits per heavy atom. The Bertz CT molecular complexity index is 507. The molecule has 1 nitrogen and oxygen atoms in total. The van der Waals surface area contributed by atoms with E-state index in [-0.39, 0.29) is 0 Å². The molecule has 1 aromatic rings. The van der Waals surface area contributed by atoms with E-state index in [0.29, 0.717) is 0 Å². The van der Waals surface area contributed by atoms with Crippen LogP contribution in [0.15, 0.2) is 77.6 Å². The lowest BCUT2D eigenvalue weighted by atomic mass is 10.2. The zero-order valence-electron chi connectivity index (χ0n) is 12.0. The first kappa shape index (κ1) is 16.4. The van der Waals surface area contributed by atoms with Gasteiger partial charge in [-0.1, -0.05) is 60.7 Å². The summed E-state index contributed by atoms with van der Waals surface area (Å²) in [6, 6.07) is 7.78. The van der Waals surface area contributed by atoms with Crippen LogP contribution < -0.4 is 0 Å². The van der Waals surface area contributed by atoms with Crippen LogP contribution in [-0.2, 0) is 10.8 Å². The van der Waals surface area contributed by atoms with Crippen LogP contribution in [0.4, 0.5) is 0 Å². The molecule has 0 aliphatic rings. The first-order chi connectivity index (χ1) is 9.74. The first-order valence-electron chi connectivity index (χ1n) is 6.82. The molecule has 0 bridgehead atoms. The van der Waals surface area contributed by atoms with Gasteiger partial charge in [-0.25, -0.2) is 4.21 Å². The highest BCUT2D eigenvalue weighted by Crippen LogP contribution is 2.09. The number of rotatable bonds is 8. The molecule has 0 spiro atoms. The van der Waals surface area contributed by atoms with Gasteiger partial charge in [0, 0.05) is 10.3 Å². The van der Waals surface area contributed by atoms with Gasteiger partial charge in [0.15, 0.2) is 0 Å². The van der Waals surface area contributed by atoms with E-state index < -0.39 is 10.8 Å². The third-order valence-electron chi connectivity index (χ3n) is 2.72. The Balaban J connectivity index is 2.29. The smallest absolute Gasteiger partial charge is 0.0775 e. The summed E-state index contributed by atoms with van der Waals surface area (Å²) in [6.07, 6.45) is 15.0. The fourth-order valence-corrected chi connectivity index (χ4v) is 2.38. The van der Waals surface area contributed by atoms with Crippen LogP contribution in [0.5, 0.6) is 0 Å². The fourth-order valence-electron chi connectivity index (χ4n) is 1.59. The second kappa shape index (κ2) is 10.2. The maximum atomic E-state index is 11.9. The number of benzene rings is 1. The van der Waals surface area contributed by atoms with Crippen LogP contribution >= 0.6 is 0 Å². The second-order valence-corrected chi connectivity index (χ2v) is 5.80. The monoisotopic (exact) mass is 286 g/mol. The third-order valence-corrected chi connectivity index (χ3v) is 3.86. The molecular formula is C18H22OS. The van der Waals surface area contributed by atoms with Gasteiger partial charge >= 0.3 is 0 Å². The Morgan fingerprint density at radius 2 is 1.70 bits per heavy atom. The molecule has 0 aliphatic carbocycles. The molecule has 1 aromatic carbocycles. The zero-order valence-corrected chi connectivity index (χ0v) is 12.8. The molecule has 106 valence electrons. The average Bonchev–Trinajstić information content (AvgIpc) is 2.46. The van der Waals surface area contributed by atoms with E-state index in [1.165, 1.54) is 5.56 Å². The van der Waals surface area contributed by atoms with Gasteiger partial charge in [0.05, 0.1) is 10.8 Å². The van der Waals surface area contributed by atoms with Crippen molar-refractivity contribution in [1.29, 1.82) is 0 Å². The third kappa shape index (κ3) is 7.05. The maximum Gasteiger partial charge on any atom is 0.0775 e. The van der Waals surface area contributed by atoms with Crippen molar-refractivity contribution < 1.29 is 4.21 Å². The maximum absolute atomic E-state index is 11.9. The lowest BCUT2D eigenvalue weighted by molar-refractivity contribution is 0.688. The van der Waals surface area contributed by atoms with Crippen LogP contribution in [0.3, 0.4) is 0 Å². The van der Waals surface area contributed by atoms with Crippen molar-refractivity contribution in [1.82, 2.24) is 0 Å². The summed E-state index contributed by atoms with van der Waals surface area (Å²) in [6.45, 7) is 5.65.